The normalized spacial score (nSPS) is 8.00. The Balaban J connectivity index is -0.000000500. The van der Waals surface area contributed by atoms with Gasteiger partial charge in [-0.1, -0.05) is 12.7 Å². The predicted octanol–water partition coefficient (Wildman–Crippen LogP) is -2.30. The summed E-state index contributed by atoms with van der Waals surface area (Å²) in [5.74, 6) is -1.51. The van der Waals surface area contributed by atoms with Crippen molar-refractivity contribution in [2.24, 2.45) is 0 Å². The fraction of sp³-hybridized carbons (Fsp3) is 0.429. The average Bonchev–Trinajstić information content (AvgIpc) is 1.97. The minimum Gasteiger partial charge on any atom is -1.00 e. The molecule has 0 atom stereocenters. The molecule has 0 aromatic rings. The van der Waals surface area contributed by atoms with Gasteiger partial charge >= 0.3 is 41.5 Å². The van der Waals surface area contributed by atoms with Gasteiger partial charge < -0.3 is 11.3 Å². The van der Waals surface area contributed by atoms with E-state index < -0.39 is 11.9 Å². The molecule has 0 unspecified atom stereocenters. The number of ether oxygens (including phenoxy) is 1. The summed E-state index contributed by atoms with van der Waals surface area (Å²) in [4.78, 5) is 20.5. The first-order valence-electron chi connectivity index (χ1n) is 3.15. The molecule has 0 aliphatic heterocycles. The monoisotopic (exact) mass is 182 g/mol. The average molecular weight is 182 g/mol. The van der Waals surface area contributed by atoms with Gasteiger partial charge in [-0.2, -0.15) is 0 Å². The van der Waals surface area contributed by atoms with Gasteiger partial charge in [-0.3, -0.25) is 9.59 Å². The number of carbonyl (C=O) groups excluding carboxylic acids is 1. The number of carbonyl (C=O) groups is 2. The molecule has 0 radical (unpaired) electrons. The van der Waals surface area contributed by atoms with Crippen molar-refractivity contribution in [2.45, 2.75) is 12.8 Å². The second-order valence-corrected chi connectivity index (χ2v) is 1.87. The smallest absolute Gasteiger partial charge is 1.00 e. The van der Waals surface area contributed by atoms with E-state index in [0.29, 0.717) is 0 Å². The van der Waals surface area contributed by atoms with Crippen molar-refractivity contribution in [3.8, 4) is 0 Å². The molecule has 1 N–H and O–H groups in total. The second-order valence-electron chi connectivity index (χ2n) is 1.87. The summed E-state index contributed by atoms with van der Waals surface area (Å²) in [6, 6.07) is 0. The molecule has 0 saturated carbocycles. The topological polar surface area (TPSA) is 63.6 Å². The zero-order valence-electron chi connectivity index (χ0n) is 8.08. The molecule has 0 heterocycles. The molecule has 0 aromatic heterocycles. The summed E-state index contributed by atoms with van der Waals surface area (Å²) in [6.07, 6.45) is 1.16. The molecule has 64 valence electrons. The van der Waals surface area contributed by atoms with Gasteiger partial charge in [-0.05, 0) is 0 Å². The zero-order valence-corrected chi connectivity index (χ0v) is 9.08. The van der Waals surface area contributed by atoms with Crippen LogP contribution in [0.2, 0.25) is 0 Å². The number of hydrogen-bond acceptors (Lipinski definition) is 3. The van der Waals surface area contributed by atoms with Crippen LogP contribution in [0.1, 0.15) is 14.3 Å². The Hall–Kier alpha value is -0.320. The molecule has 4 nitrogen and oxygen atoms in total. The summed E-state index contributed by atoms with van der Waals surface area (Å²) in [6.45, 7) is 3.47. The Morgan fingerprint density at radius 1 is 1.50 bits per heavy atom. The third kappa shape index (κ3) is 9.68. The SMILES string of the molecule is C=CCOC(=O)CCC(=O)O.[H-].[Na+]. The molecule has 5 heteroatoms. The first-order chi connectivity index (χ1) is 5.16. The van der Waals surface area contributed by atoms with E-state index >= 15 is 0 Å². The van der Waals surface area contributed by atoms with Crippen LogP contribution in [0.15, 0.2) is 12.7 Å². The van der Waals surface area contributed by atoms with Gasteiger partial charge in [-0.15, -0.1) is 0 Å². The Labute approximate surface area is 94.4 Å². The van der Waals surface area contributed by atoms with Crippen LogP contribution >= 0.6 is 0 Å². The summed E-state index contributed by atoms with van der Waals surface area (Å²) < 4.78 is 4.52. The molecule has 0 spiro atoms. The molecule has 0 rings (SSSR count). The van der Waals surface area contributed by atoms with Crippen LogP contribution in [-0.2, 0) is 14.3 Å². The van der Waals surface area contributed by atoms with Crippen molar-refractivity contribution in [2.75, 3.05) is 6.61 Å². The number of aliphatic carboxylic acids is 1. The molecule has 0 amide bonds. The van der Waals surface area contributed by atoms with Crippen molar-refractivity contribution in [1.29, 1.82) is 0 Å². The summed E-state index contributed by atoms with van der Waals surface area (Å²) >= 11 is 0. The Morgan fingerprint density at radius 3 is 2.50 bits per heavy atom. The maximum Gasteiger partial charge on any atom is 1.00 e. The number of hydrogen-bond donors (Lipinski definition) is 1. The van der Waals surface area contributed by atoms with Crippen LogP contribution in [0.25, 0.3) is 0 Å². The number of carboxylic acids is 1. The van der Waals surface area contributed by atoms with Crippen molar-refractivity contribution < 1.29 is 50.4 Å². The van der Waals surface area contributed by atoms with E-state index in [9.17, 15) is 9.59 Å². The van der Waals surface area contributed by atoms with E-state index in [1.54, 1.807) is 0 Å². The van der Waals surface area contributed by atoms with Crippen LogP contribution in [0, 0.1) is 0 Å². The molecule has 0 fully saturated rings. The predicted molar refractivity (Wildman–Crippen MR) is 39.1 cm³/mol. The second kappa shape index (κ2) is 8.77. The molecule has 0 bridgehead atoms. The van der Waals surface area contributed by atoms with Gasteiger partial charge in [0.25, 0.3) is 0 Å². The molecular formula is C7H11NaO4. The quantitative estimate of drug-likeness (QED) is 0.295. The molecule has 12 heavy (non-hydrogen) atoms. The van der Waals surface area contributed by atoms with E-state index in [2.05, 4.69) is 11.3 Å². The first kappa shape index (κ1) is 14.2. The summed E-state index contributed by atoms with van der Waals surface area (Å²) in [5, 5.41) is 8.16. The van der Waals surface area contributed by atoms with Gasteiger partial charge in [0.1, 0.15) is 6.61 Å². The fourth-order valence-electron chi connectivity index (χ4n) is 0.433. The molecule has 0 aliphatic carbocycles. The minimum atomic E-state index is -0.999. The van der Waals surface area contributed by atoms with Crippen molar-refractivity contribution >= 4 is 11.9 Å². The van der Waals surface area contributed by atoms with E-state index in [0.717, 1.165) is 0 Å². The maximum atomic E-state index is 10.6. The summed E-state index contributed by atoms with van der Waals surface area (Å²) in [5.41, 5.74) is 0. The zero-order chi connectivity index (χ0) is 8.69. The Bertz CT molecular complexity index is 172. The van der Waals surface area contributed by atoms with E-state index in [-0.39, 0.29) is 50.4 Å². The Kier molecular flexibility index (Phi) is 10.4. The van der Waals surface area contributed by atoms with Crippen LogP contribution in [-0.4, -0.2) is 23.7 Å². The molecule has 0 saturated heterocycles. The van der Waals surface area contributed by atoms with Crippen LogP contribution in [0.5, 0.6) is 0 Å². The molecule has 0 aromatic carbocycles. The van der Waals surface area contributed by atoms with Crippen LogP contribution in [0.4, 0.5) is 0 Å². The largest absolute Gasteiger partial charge is 1.00 e. The van der Waals surface area contributed by atoms with Gasteiger partial charge in [0, 0.05) is 0 Å². The van der Waals surface area contributed by atoms with E-state index in [1.807, 2.05) is 0 Å². The van der Waals surface area contributed by atoms with Gasteiger partial charge in [0.15, 0.2) is 0 Å². The number of rotatable bonds is 5. The minimum absolute atomic E-state index is 0. The Morgan fingerprint density at radius 2 is 2.08 bits per heavy atom. The first-order valence-corrected chi connectivity index (χ1v) is 3.15. The van der Waals surface area contributed by atoms with Gasteiger partial charge in [-0.25, -0.2) is 0 Å². The third-order valence-electron chi connectivity index (χ3n) is 0.905. The standard InChI is InChI=1S/C7H10O4.Na.H/c1-2-5-11-7(10)4-3-6(8)9;;/h2H,1,3-5H2,(H,8,9);;/q;+1;-1. The van der Waals surface area contributed by atoms with Gasteiger partial charge in [0.05, 0.1) is 12.8 Å². The van der Waals surface area contributed by atoms with Crippen molar-refractivity contribution in [3.05, 3.63) is 12.7 Å². The number of carboxylic acid groups (broad SMARTS) is 1. The van der Waals surface area contributed by atoms with Crippen LogP contribution < -0.4 is 29.6 Å². The van der Waals surface area contributed by atoms with Crippen molar-refractivity contribution in [3.63, 3.8) is 0 Å². The summed E-state index contributed by atoms with van der Waals surface area (Å²) in [7, 11) is 0. The van der Waals surface area contributed by atoms with Crippen molar-refractivity contribution in [1.82, 2.24) is 0 Å². The fourth-order valence-corrected chi connectivity index (χ4v) is 0.433. The van der Waals surface area contributed by atoms with E-state index in [4.69, 9.17) is 5.11 Å². The molecule has 0 aliphatic rings. The van der Waals surface area contributed by atoms with E-state index in [1.165, 1.54) is 6.08 Å². The van der Waals surface area contributed by atoms with Gasteiger partial charge in [0.2, 0.25) is 0 Å². The number of esters is 1. The third-order valence-corrected chi connectivity index (χ3v) is 0.905. The van der Waals surface area contributed by atoms with Crippen LogP contribution in [0.3, 0.4) is 0 Å². The molecular weight excluding hydrogens is 171 g/mol. The maximum absolute atomic E-state index is 10.6.